The van der Waals surface area contributed by atoms with E-state index in [9.17, 15) is 4.79 Å². The van der Waals surface area contributed by atoms with Crippen molar-refractivity contribution in [2.24, 2.45) is 5.73 Å². The monoisotopic (exact) mass is 284 g/mol. The summed E-state index contributed by atoms with van der Waals surface area (Å²) in [6.07, 6.45) is 6.03. The molecule has 0 aromatic heterocycles. The van der Waals surface area contributed by atoms with Crippen LogP contribution in [0.4, 0.5) is 0 Å². The van der Waals surface area contributed by atoms with Crippen LogP contribution in [0.2, 0.25) is 0 Å². The van der Waals surface area contributed by atoms with E-state index in [1.807, 2.05) is 29.2 Å². The Morgan fingerprint density at radius 1 is 1.33 bits per heavy atom. The first-order valence-corrected chi connectivity index (χ1v) is 7.86. The molecule has 2 N–H and O–H groups in total. The SMILES string of the molecule is CCN(C(=O)c1cccc(C#CCN)c1)C1CCCCC1. The van der Waals surface area contributed by atoms with Crippen molar-refractivity contribution < 1.29 is 4.79 Å². The third-order valence-corrected chi connectivity index (χ3v) is 4.06. The molecule has 1 aromatic carbocycles. The van der Waals surface area contributed by atoms with Crippen LogP contribution >= 0.6 is 0 Å². The Morgan fingerprint density at radius 3 is 2.76 bits per heavy atom. The van der Waals surface area contributed by atoms with Gasteiger partial charge in [0.2, 0.25) is 0 Å². The van der Waals surface area contributed by atoms with Gasteiger partial charge in [0.05, 0.1) is 6.54 Å². The highest BCUT2D eigenvalue weighted by Crippen LogP contribution is 2.24. The maximum atomic E-state index is 12.8. The van der Waals surface area contributed by atoms with Gasteiger partial charge in [-0.25, -0.2) is 0 Å². The molecule has 1 saturated carbocycles. The number of nitrogens with zero attached hydrogens (tertiary/aromatic N) is 1. The highest BCUT2D eigenvalue weighted by atomic mass is 16.2. The lowest BCUT2D eigenvalue weighted by molar-refractivity contribution is 0.0648. The number of nitrogens with two attached hydrogens (primary N) is 1. The lowest BCUT2D eigenvalue weighted by Crippen LogP contribution is -2.41. The summed E-state index contributed by atoms with van der Waals surface area (Å²) in [5.74, 6) is 5.95. The summed E-state index contributed by atoms with van der Waals surface area (Å²) >= 11 is 0. The first-order valence-electron chi connectivity index (χ1n) is 7.86. The Balaban J connectivity index is 2.16. The van der Waals surface area contributed by atoms with E-state index < -0.39 is 0 Å². The largest absolute Gasteiger partial charge is 0.336 e. The predicted octanol–water partition coefficient (Wildman–Crippen LogP) is 2.79. The lowest BCUT2D eigenvalue weighted by Gasteiger charge is -2.33. The van der Waals surface area contributed by atoms with Gasteiger partial charge in [-0.05, 0) is 38.0 Å². The fourth-order valence-electron chi connectivity index (χ4n) is 3.01. The molecular weight excluding hydrogens is 260 g/mol. The van der Waals surface area contributed by atoms with Crippen molar-refractivity contribution in [2.45, 2.75) is 45.1 Å². The van der Waals surface area contributed by atoms with Gasteiger partial charge in [0.25, 0.3) is 5.91 Å². The fourth-order valence-corrected chi connectivity index (χ4v) is 3.01. The molecule has 1 aliphatic carbocycles. The summed E-state index contributed by atoms with van der Waals surface area (Å²) in [5.41, 5.74) is 6.97. The molecule has 0 atom stereocenters. The molecule has 0 aliphatic heterocycles. The summed E-state index contributed by atoms with van der Waals surface area (Å²) in [6, 6.07) is 7.95. The van der Waals surface area contributed by atoms with Gasteiger partial charge in [-0.3, -0.25) is 4.79 Å². The maximum absolute atomic E-state index is 12.8. The number of carbonyl (C=O) groups excluding carboxylic acids is 1. The zero-order valence-electron chi connectivity index (χ0n) is 12.8. The van der Waals surface area contributed by atoms with E-state index in [2.05, 4.69) is 18.8 Å². The van der Waals surface area contributed by atoms with Crippen LogP contribution in [-0.4, -0.2) is 29.9 Å². The van der Waals surface area contributed by atoms with E-state index in [1.54, 1.807) is 0 Å². The molecule has 0 saturated heterocycles. The van der Waals surface area contributed by atoms with Crippen LogP contribution in [0.15, 0.2) is 24.3 Å². The molecule has 0 unspecified atom stereocenters. The van der Waals surface area contributed by atoms with Crippen molar-refractivity contribution in [3.05, 3.63) is 35.4 Å². The minimum absolute atomic E-state index is 0.126. The van der Waals surface area contributed by atoms with E-state index in [-0.39, 0.29) is 5.91 Å². The van der Waals surface area contributed by atoms with E-state index in [4.69, 9.17) is 5.73 Å². The highest BCUT2D eigenvalue weighted by molar-refractivity contribution is 5.94. The van der Waals surface area contributed by atoms with Crippen LogP contribution in [0, 0.1) is 11.8 Å². The molecule has 1 fully saturated rings. The lowest BCUT2D eigenvalue weighted by atomic mass is 9.93. The molecule has 1 amide bonds. The standard InChI is InChI=1S/C18H24N2O/c1-2-20(17-11-4-3-5-12-17)18(21)16-10-6-8-15(14-16)9-7-13-19/h6,8,10,14,17H,2-5,11-13,19H2,1H3. The Hall–Kier alpha value is -1.79. The van der Waals surface area contributed by atoms with Gasteiger partial charge in [0, 0.05) is 23.7 Å². The van der Waals surface area contributed by atoms with E-state index in [0.717, 1.165) is 30.5 Å². The summed E-state index contributed by atoms with van der Waals surface area (Å²) < 4.78 is 0. The first-order chi connectivity index (χ1) is 10.3. The highest BCUT2D eigenvalue weighted by Gasteiger charge is 2.24. The van der Waals surface area contributed by atoms with Crippen LogP contribution in [0.3, 0.4) is 0 Å². The van der Waals surface area contributed by atoms with Crippen LogP contribution in [-0.2, 0) is 0 Å². The summed E-state index contributed by atoms with van der Waals surface area (Å²) in [6.45, 7) is 3.16. The number of benzene rings is 1. The number of rotatable bonds is 3. The Bertz CT molecular complexity index is 536. The zero-order valence-corrected chi connectivity index (χ0v) is 12.8. The van der Waals surface area contributed by atoms with Crippen LogP contribution < -0.4 is 5.73 Å². The maximum Gasteiger partial charge on any atom is 0.254 e. The summed E-state index contributed by atoms with van der Waals surface area (Å²) in [5, 5.41) is 0. The molecule has 1 aromatic rings. The van der Waals surface area contributed by atoms with Gasteiger partial charge in [0.1, 0.15) is 0 Å². The minimum atomic E-state index is 0.126. The average molecular weight is 284 g/mol. The number of hydrogen-bond acceptors (Lipinski definition) is 2. The number of amides is 1. The van der Waals surface area contributed by atoms with Gasteiger partial charge in [-0.1, -0.05) is 37.2 Å². The second-order valence-electron chi connectivity index (χ2n) is 5.47. The van der Waals surface area contributed by atoms with E-state index >= 15 is 0 Å². The Morgan fingerprint density at radius 2 is 2.10 bits per heavy atom. The summed E-state index contributed by atoms with van der Waals surface area (Å²) in [4.78, 5) is 14.8. The van der Waals surface area contributed by atoms with E-state index in [1.165, 1.54) is 19.3 Å². The molecule has 112 valence electrons. The third-order valence-electron chi connectivity index (χ3n) is 4.06. The average Bonchev–Trinajstić information content (AvgIpc) is 2.55. The van der Waals surface area contributed by atoms with Crippen LogP contribution in [0.25, 0.3) is 0 Å². The van der Waals surface area contributed by atoms with E-state index in [0.29, 0.717) is 12.6 Å². The first kappa shape index (κ1) is 15.6. The second kappa shape index (κ2) is 7.85. The smallest absolute Gasteiger partial charge is 0.254 e. The third kappa shape index (κ3) is 4.09. The van der Waals surface area contributed by atoms with Crippen molar-refractivity contribution in [2.75, 3.05) is 13.1 Å². The van der Waals surface area contributed by atoms with Crippen LogP contribution in [0.1, 0.15) is 54.9 Å². The normalized spacial score (nSPS) is 15.1. The zero-order chi connectivity index (χ0) is 15.1. The fraction of sp³-hybridized carbons (Fsp3) is 0.500. The molecule has 0 radical (unpaired) electrons. The molecule has 3 heteroatoms. The van der Waals surface area contributed by atoms with Crippen LogP contribution in [0.5, 0.6) is 0 Å². The van der Waals surface area contributed by atoms with Gasteiger partial charge < -0.3 is 10.6 Å². The quantitative estimate of drug-likeness (QED) is 0.868. The molecule has 0 heterocycles. The second-order valence-corrected chi connectivity index (χ2v) is 5.47. The molecule has 3 nitrogen and oxygen atoms in total. The topological polar surface area (TPSA) is 46.3 Å². The number of carbonyl (C=O) groups is 1. The van der Waals surface area contributed by atoms with Crippen molar-refractivity contribution in [1.29, 1.82) is 0 Å². The Labute approximate surface area is 127 Å². The molecule has 0 spiro atoms. The molecule has 21 heavy (non-hydrogen) atoms. The minimum Gasteiger partial charge on any atom is -0.336 e. The van der Waals surface area contributed by atoms with Crippen molar-refractivity contribution in [3.63, 3.8) is 0 Å². The van der Waals surface area contributed by atoms with Gasteiger partial charge in [-0.2, -0.15) is 0 Å². The van der Waals surface area contributed by atoms with Crippen molar-refractivity contribution in [1.82, 2.24) is 4.90 Å². The van der Waals surface area contributed by atoms with Gasteiger partial charge in [-0.15, -0.1) is 0 Å². The molecule has 2 rings (SSSR count). The number of hydrogen-bond donors (Lipinski definition) is 1. The van der Waals surface area contributed by atoms with Gasteiger partial charge in [0.15, 0.2) is 0 Å². The van der Waals surface area contributed by atoms with Crippen molar-refractivity contribution >= 4 is 5.91 Å². The molecular formula is C18H24N2O. The van der Waals surface area contributed by atoms with Gasteiger partial charge >= 0.3 is 0 Å². The predicted molar refractivity (Wildman–Crippen MR) is 86.0 cm³/mol. The van der Waals surface area contributed by atoms with Crippen molar-refractivity contribution in [3.8, 4) is 11.8 Å². The summed E-state index contributed by atoms with van der Waals surface area (Å²) in [7, 11) is 0. The molecule has 0 bridgehead atoms. The Kier molecular flexibility index (Phi) is 5.83. The molecule has 1 aliphatic rings.